The van der Waals surface area contributed by atoms with Crippen molar-refractivity contribution in [3.8, 4) is 6.07 Å². The molecular weight excluding hydrogens is 268 g/mol. The van der Waals surface area contributed by atoms with E-state index in [0.29, 0.717) is 11.8 Å². The molecule has 0 saturated heterocycles. The van der Waals surface area contributed by atoms with E-state index >= 15 is 0 Å². The van der Waals surface area contributed by atoms with Gasteiger partial charge in [0.15, 0.2) is 0 Å². The quantitative estimate of drug-likeness (QED) is 0.795. The molecule has 6 heteroatoms. The molecule has 1 aromatic rings. The molecule has 0 amide bonds. The fraction of sp³-hybridized carbons (Fsp3) is 0.583. The van der Waals surface area contributed by atoms with Gasteiger partial charge in [0.05, 0.1) is 22.6 Å². The Kier molecular flexibility index (Phi) is 4.31. The molecule has 1 aliphatic rings. The Morgan fingerprint density at radius 2 is 2.33 bits per heavy atom. The zero-order chi connectivity index (χ0) is 13.1. The number of nitriles is 1. The third kappa shape index (κ3) is 2.70. The van der Waals surface area contributed by atoms with Crippen molar-refractivity contribution in [3.63, 3.8) is 0 Å². The number of thioether (sulfide) groups is 1. The number of anilines is 1. The minimum atomic E-state index is -0.0271. The van der Waals surface area contributed by atoms with Crippen molar-refractivity contribution in [2.45, 2.75) is 25.2 Å². The molecule has 0 saturated carbocycles. The first-order chi connectivity index (χ1) is 8.65. The molecule has 1 atom stereocenters. The van der Waals surface area contributed by atoms with Gasteiger partial charge in [0.1, 0.15) is 5.82 Å². The van der Waals surface area contributed by atoms with Crippen molar-refractivity contribution in [1.82, 2.24) is 9.97 Å². The molecule has 1 aromatic heterocycles. The largest absolute Gasteiger partial charge is 0.355 e. The normalized spacial score (nSPS) is 15.0. The minimum absolute atomic E-state index is 0.0271. The first-order valence-electron chi connectivity index (χ1n) is 5.99. The second-order valence-electron chi connectivity index (χ2n) is 4.26. The number of fused-ring (bicyclic) bond motifs is 1. The SMILES string of the molecule is CCN(CC(C)C#N)c1nc(Cl)nc2c1SCC2. The molecule has 96 valence electrons. The second-order valence-corrected chi connectivity index (χ2v) is 5.70. The van der Waals surface area contributed by atoms with Crippen LogP contribution in [0.5, 0.6) is 0 Å². The van der Waals surface area contributed by atoms with Crippen LogP contribution in [0.25, 0.3) is 0 Å². The van der Waals surface area contributed by atoms with Crippen LogP contribution in [0.1, 0.15) is 19.5 Å². The summed E-state index contributed by atoms with van der Waals surface area (Å²) >= 11 is 7.75. The molecule has 0 aromatic carbocycles. The molecule has 0 N–H and O–H groups in total. The van der Waals surface area contributed by atoms with Crippen LogP contribution in [0.3, 0.4) is 0 Å². The van der Waals surface area contributed by atoms with Gasteiger partial charge in [-0.15, -0.1) is 11.8 Å². The van der Waals surface area contributed by atoms with Gasteiger partial charge in [-0.05, 0) is 25.4 Å². The lowest BCUT2D eigenvalue weighted by atomic mass is 10.2. The summed E-state index contributed by atoms with van der Waals surface area (Å²) in [5.41, 5.74) is 1.04. The number of hydrogen-bond acceptors (Lipinski definition) is 5. The zero-order valence-electron chi connectivity index (χ0n) is 10.5. The minimum Gasteiger partial charge on any atom is -0.355 e. The van der Waals surface area contributed by atoms with Crippen molar-refractivity contribution in [2.24, 2.45) is 5.92 Å². The highest BCUT2D eigenvalue weighted by Gasteiger charge is 2.23. The smallest absolute Gasteiger partial charge is 0.224 e. The fourth-order valence-corrected chi connectivity index (χ4v) is 3.27. The predicted octanol–water partition coefficient (Wildman–Crippen LogP) is 2.76. The van der Waals surface area contributed by atoms with Gasteiger partial charge in [-0.3, -0.25) is 0 Å². The van der Waals surface area contributed by atoms with Crippen molar-refractivity contribution >= 4 is 29.2 Å². The molecular formula is C12H15ClN4S. The second kappa shape index (κ2) is 5.77. The summed E-state index contributed by atoms with van der Waals surface area (Å²) in [6, 6.07) is 2.26. The highest BCUT2D eigenvalue weighted by molar-refractivity contribution is 7.99. The summed E-state index contributed by atoms with van der Waals surface area (Å²) < 4.78 is 0. The van der Waals surface area contributed by atoms with Crippen LogP contribution in [0.2, 0.25) is 5.28 Å². The molecule has 18 heavy (non-hydrogen) atoms. The number of halogens is 1. The van der Waals surface area contributed by atoms with E-state index in [1.807, 2.05) is 6.92 Å². The van der Waals surface area contributed by atoms with Crippen LogP contribution in [-0.2, 0) is 6.42 Å². The fourth-order valence-electron chi connectivity index (χ4n) is 1.97. The molecule has 2 heterocycles. The number of aromatic nitrogens is 2. The highest BCUT2D eigenvalue weighted by atomic mass is 35.5. The van der Waals surface area contributed by atoms with Crippen LogP contribution < -0.4 is 4.90 Å². The molecule has 0 fully saturated rings. The summed E-state index contributed by atoms with van der Waals surface area (Å²) in [6.07, 6.45) is 0.945. The number of aryl methyl sites for hydroxylation is 1. The van der Waals surface area contributed by atoms with Crippen LogP contribution in [0.4, 0.5) is 5.82 Å². The Hall–Kier alpha value is -0.990. The maximum absolute atomic E-state index is 8.93. The van der Waals surface area contributed by atoms with E-state index in [1.165, 1.54) is 0 Å². The van der Waals surface area contributed by atoms with Gasteiger partial charge in [0, 0.05) is 25.3 Å². The van der Waals surface area contributed by atoms with E-state index in [9.17, 15) is 0 Å². The predicted molar refractivity (Wildman–Crippen MR) is 74.1 cm³/mol. The van der Waals surface area contributed by atoms with Gasteiger partial charge in [-0.1, -0.05) is 0 Å². The third-order valence-corrected chi connectivity index (χ3v) is 4.16. The number of nitrogens with zero attached hydrogens (tertiary/aromatic N) is 4. The van der Waals surface area contributed by atoms with Crippen molar-refractivity contribution in [3.05, 3.63) is 11.0 Å². The van der Waals surface area contributed by atoms with E-state index in [4.69, 9.17) is 16.9 Å². The van der Waals surface area contributed by atoms with E-state index in [2.05, 4.69) is 27.9 Å². The van der Waals surface area contributed by atoms with Gasteiger partial charge >= 0.3 is 0 Å². The first kappa shape index (κ1) is 13.4. The van der Waals surface area contributed by atoms with Gasteiger partial charge < -0.3 is 4.90 Å². The van der Waals surface area contributed by atoms with Crippen LogP contribution >= 0.6 is 23.4 Å². The molecule has 1 unspecified atom stereocenters. The number of rotatable bonds is 4. The topological polar surface area (TPSA) is 52.8 Å². The molecule has 0 aliphatic carbocycles. The van der Waals surface area contributed by atoms with Crippen molar-refractivity contribution in [2.75, 3.05) is 23.7 Å². The standard InChI is InChI=1S/C12H15ClN4S/c1-3-17(7-8(2)6-14)11-10-9(4-5-18-10)15-12(13)16-11/h8H,3-5,7H2,1-2H3. The monoisotopic (exact) mass is 282 g/mol. The molecule has 0 spiro atoms. The summed E-state index contributed by atoms with van der Waals surface area (Å²) in [6.45, 7) is 5.46. The van der Waals surface area contributed by atoms with Gasteiger partial charge in [-0.2, -0.15) is 10.2 Å². The van der Waals surface area contributed by atoms with E-state index in [0.717, 1.165) is 35.1 Å². The van der Waals surface area contributed by atoms with Crippen molar-refractivity contribution < 1.29 is 0 Å². The Morgan fingerprint density at radius 1 is 1.56 bits per heavy atom. The summed E-state index contributed by atoms with van der Waals surface area (Å²) in [5, 5.41) is 9.23. The highest BCUT2D eigenvalue weighted by Crippen LogP contribution is 2.37. The maximum Gasteiger partial charge on any atom is 0.224 e. The molecule has 4 nitrogen and oxygen atoms in total. The van der Waals surface area contributed by atoms with Crippen molar-refractivity contribution in [1.29, 1.82) is 5.26 Å². The average Bonchev–Trinajstić information content (AvgIpc) is 2.82. The van der Waals surface area contributed by atoms with Crippen LogP contribution in [0.15, 0.2) is 4.90 Å². The van der Waals surface area contributed by atoms with Gasteiger partial charge in [-0.25, -0.2) is 4.98 Å². The van der Waals surface area contributed by atoms with Gasteiger partial charge in [0.25, 0.3) is 0 Å². The summed E-state index contributed by atoms with van der Waals surface area (Å²) in [7, 11) is 0. The molecule has 1 aliphatic heterocycles. The summed E-state index contributed by atoms with van der Waals surface area (Å²) in [4.78, 5) is 11.9. The third-order valence-electron chi connectivity index (χ3n) is 2.87. The molecule has 0 bridgehead atoms. The average molecular weight is 283 g/mol. The Bertz CT molecular complexity index is 486. The zero-order valence-corrected chi connectivity index (χ0v) is 12.1. The summed E-state index contributed by atoms with van der Waals surface area (Å²) in [5.74, 6) is 1.89. The maximum atomic E-state index is 8.93. The first-order valence-corrected chi connectivity index (χ1v) is 7.35. The van der Waals surface area contributed by atoms with E-state index in [-0.39, 0.29) is 5.92 Å². The Labute approximate surface area is 116 Å². The van der Waals surface area contributed by atoms with Crippen LogP contribution in [-0.4, -0.2) is 28.8 Å². The lowest BCUT2D eigenvalue weighted by molar-refractivity contribution is 0.672. The Morgan fingerprint density at radius 3 is 3.00 bits per heavy atom. The van der Waals surface area contributed by atoms with Gasteiger partial charge in [0.2, 0.25) is 5.28 Å². The van der Waals surface area contributed by atoms with Crippen LogP contribution in [0, 0.1) is 17.2 Å². The van der Waals surface area contributed by atoms with E-state index in [1.54, 1.807) is 11.8 Å². The lowest BCUT2D eigenvalue weighted by Crippen LogP contribution is -2.29. The van der Waals surface area contributed by atoms with E-state index < -0.39 is 0 Å². The Balaban J connectivity index is 2.34. The lowest BCUT2D eigenvalue weighted by Gasteiger charge is -2.24. The number of hydrogen-bond donors (Lipinski definition) is 0. The molecule has 0 radical (unpaired) electrons. The molecule has 2 rings (SSSR count).